The smallest absolute Gasteiger partial charge is 0.338 e. The lowest BCUT2D eigenvalue weighted by Crippen LogP contribution is -2.16. The number of rotatable bonds is 7. The zero-order valence-corrected chi connectivity index (χ0v) is 20.1. The molecule has 0 radical (unpaired) electrons. The molecule has 1 unspecified atom stereocenters. The van der Waals surface area contributed by atoms with Crippen LogP contribution in [0.4, 0.5) is 8.78 Å². The molecule has 6 nitrogen and oxygen atoms in total. The number of nitrogens with one attached hydrogen (secondary N) is 1. The van der Waals surface area contributed by atoms with Crippen molar-refractivity contribution in [2.24, 2.45) is 5.16 Å². The molecule has 0 aliphatic carbocycles. The highest BCUT2D eigenvalue weighted by Crippen LogP contribution is 2.35. The lowest BCUT2D eigenvalue weighted by Gasteiger charge is -2.22. The zero-order chi connectivity index (χ0) is 26.7. The Bertz CT molecular complexity index is 1580. The van der Waals surface area contributed by atoms with Gasteiger partial charge >= 0.3 is 5.97 Å². The van der Waals surface area contributed by atoms with Gasteiger partial charge in [0, 0.05) is 29.7 Å². The Kier molecular flexibility index (Phi) is 7.29. The molecule has 0 aliphatic rings. The zero-order valence-electron chi connectivity index (χ0n) is 20.1. The highest BCUT2D eigenvalue weighted by molar-refractivity contribution is 6.00. The molecule has 4 rings (SSSR count). The molecule has 0 amide bonds. The molecule has 1 heterocycles. The number of carboxylic acid groups (broad SMARTS) is 1. The molecule has 0 saturated heterocycles. The fourth-order valence-electron chi connectivity index (χ4n) is 4.40. The minimum Gasteiger partial charge on any atom is -0.478 e. The predicted octanol–water partition coefficient (Wildman–Crippen LogP) is 6.04. The number of halogens is 2. The van der Waals surface area contributed by atoms with Gasteiger partial charge in [-0.2, -0.15) is 0 Å². The molecule has 0 bridgehead atoms. The van der Waals surface area contributed by atoms with Crippen molar-refractivity contribution in [2.75, 3.05) is 0 Å². The van der Waals surface area contributed by atoms with Crippen LogP contribution in [-0.2, 0) is 0 Å². The van der Waals surface area contributed by atoms with E-state index in [1.165, 1.54) is 18.3 Å². The molecule has 3 N–H and O–H groups in total. The van der Waals surface area contributed by atoms with Crippen LogP contribution in [0.2, 0.25) is 0 Å². The normalized spacial score (nSPS) is 12.4. The van der Waals surface area contributed by atoms with Gasteiger partial charge in [0.15, 0.2) is 0 Å². The van der Waals surface area contributed by atoms with Crippen LogP contribution < -0.4 is 5.56 Å². The summed E-state index contributed by atoms with van der Waals surface area (Å²) in [7, 11) is 0. The third kappa shape index (κ3) is 5.33. The summed E-state index contributed by atoms with van der Waals surface area (Å²) in [6.45, 7) is 3.54. The van der Waals surface area contributed by atoms with Gasteiger partial charge in [-0.1, -0.05) is 47.6 Å². The van der Waals surface area contributed by atoms with Crippen LogP contribution in [0.5, 0.6) is 0 Å². The largest absolute Gasteiger partial charge is 0.478 e. The van der Waals surface area contributed by atoms with Crippen molar-refractivity contribution in [3.8, 4) is 11.1 Å². The fourth-order valence-corrected chi connectivity index (χ4v) is 4.40. The molecule has 188 valence electrons. The van der Waals surface area contributed by atoms with E-state index >= 15 is 4.39 Å². The first-order chi connectivity index (χ1) is 17.7. The van der Waals surface area contributed by atoms with Crippen LogP contribution in [0, 0.1) is 25.5 Å². The van der Waals surface area contributed by atoms with E-state index in [1.807, 2.05) is 31.2 Å². The van der Waals surface area contributed by atoms with Crippen LogP contribution in [0.25, 0.3) is 11.1 Å². The van der Waals surface area contributed by atoms with E-state index in [9.17, 15) is 19.2 Å². The minimum absolute atomic E-state index is 0.130. The molecular formula is C29H24F2N2O4. The molecule has 0 aliphatic heterocycles. The van der Waals surface area contributed by atoms with E-state index in [1.54, 1.807) is 25.1 Å². The number of aromatic carboxylic acids is 1. The Balaban J connectivity index is 1.77. The average Bonchev–Trinajstić information content (AvgIpc) is 2.87. The minimum atomic E-state index is -1.38. The number of carboxylic acids is 1. The monoisotopic (exact) mass is 502 g/mol. The highest BCUT2D eigenvalue weighted by Gasteiger charge is 2.24. The number of benzene rings is 3. The van der Waals surface area contributed by atoms with E-state index in [4.69, 9.17) is 5.11 Å². The SMILES string of the molecule is Cc1ccccc1C(C/C(=N\O)c1c[nH]c(=O)c(C)c1)c1ccc(-c2ccc(C(=O)O)c(F)c2)cc1F. The fraction of sp³-hybridized carbons (Fsp3) is 0.138. The average molecular weight is 503 g/mol. The maximum absolute atomic E-state index is 15.6. The maximum Gasteiger partial charge on any atom is 0.338 e. The van der Waals surface area contributed by atoms with Crippen LogP contribution in [0.3, 0.4) is 0 Å². The lowest BCUT2D eigenvalue weighted by molar-refractivity contribution is 0.0692. The number of hydrogen-bond donors (Lipinski definition) is 3. The molecule has 8 heteroatoms. The summed E-state index contributed by atoms with van der Waals surface area (Å²) in [6.07, 6.45) is 1.58. The number of carbonyl (C=O) groups is 1. The Morgan fingerprint density at radius 3 is 2.19 bits per heavy atom. The first-order valence-corrected chi connectivity index (χ1v) is 11.5. The van der Waals surface area contributed by atoms with E-state index in [2.05, 4.69) is 10.1 Å². The second-order valence-electron chi connectivity index (χ2n) is 8.80. The summed E-state index contributed by atoms with van der Waals surface area (Å²) >= 11 is 0. The molecule has 37 heavy (non-hydrogen) atoms. The van der Waals surface area contributed by atoms with Gasteiger partial charge in [-0.05, 0) is 65.9 Å². The number of hydrogen-bond acceptors (Lipinski definition) is 4. The van der Waals surface area contributed by atoms with Crippen molar-refractivity contribution in [3.63, 3.8) is 0 Å². The Morgan fingerprint density at radius 2 is 1.59 bits per heavy atom. The second kappa shape index (κ2) is 10.6. The Hall–Kier alpha value is -4.59. The van der Waals surface area contributed by atoms with Crippen molar-refractivity contribution in [1.29, 1.82) is 0 Å². The summed E-state index contributed by atoms with van der Waals surface area (Å²) in [4.78, 5) is 25.5. The van der Waals surface area contributed by atoms with Gasteiger partial charge in [0.2, 0.25) is 0 Å². The van der Waals surface area contributed by atoms with Crippen molar-refractivity contribution < 1.29 is 23.9 Å². The molecular weight excluding hydrogens is 478 g/mol. The molecule has 0 fully saturated rings. The quantitative estimate of drug-likeness (QED) is 0.163. The number of aromatic amines is 1. The number of oxime groups is 1. The topological polar surface area (TPSA) is 103 Å². The molecule has 1 aromatic heterocycles. The van der Waals surface area contributed by atoms with Gasteiger partial charge in [-0.25, -0.2) is 13.6 Å². The lowest BCUT2D eigenvalue weighted by atomic mass is 9.82. The van der Waals surface area contributed by atoms with Crippen molar-refractivity contribution >= 4 is 11.7 Å². The first-order valence-electron chi connectivity index (χ1n) is 11.5. The summed E-state index contributed by atoms with van der Waals surface area (Å²) in [6, 6.07) is 17.2. The van der Waals surface area contributed by atoms with Gasteiger partial charge in [0.05, 0.1) is 11.3 Å². The van der Waals surface area contributed by atoms with Crippen LogP contribution >= 0.6 is 0 Å². The van der Waals surface area contributed by atoms with Gasteiger partial charge in [-0.3, -0.25) is 4.79 Å². The molecule has 0 spiro atoms. The first kappa shape index (κ1) is 25.5. The van der Waals surface area contributed by atoms with Gasteiger partial charge in [0.25, 0.3) is 5.56 Å². The maximum atomic E-state index is 15.6. The summed E-state index contributed by atoms with van der Waals surface area (Å²) in [5.74, 6) is -3.39. The number of pyridine rings is 1. The van der Waals surface area contributed by atoms with E-state index in [-0.39, 0.29) is 17.7 Å². The Labute approximate surface area is 211 Å². The second-order valence-corrected chi connectivity index (χ2v) is 8.80. The van der Waals surface area contributed by atoms with E-state index < -0.39 is 29.1 Å². The molecule has 0 saturated carbocycles. The number of aromatic nitrogens is 1. The summed E-state index contributed by atoms with van der Waals surface area (Å²) in [5.41, 5.74) is 3.29. The van der Waals surface area contributed by atoms with Gasteiger partial charge in [-0.15, -0.1) is 0 Å². The van der Waals surface area contributed by atoms with E-state index in [0.717, 1.165) is 23.3 Å². The standard InChI is InChI=1S/C29H24F2N2O4/c1-16-5-3-4-6-21(16)24(14-27(33-37)20-11-17(2)28(34)32-15-20)22-9-7-18(12-25(22)30)19-8-10-23(29(35)36)26(31)13-19/h3-13,15,24,37H,14H2,1-2H3,(H,32,34)(H,35,36)/b33-27+. The van der Waals surface area contributed by atoms with Crippen LogP contribution in [-0.4, -0.2) is 27.0 Å². The van der Waals surface area contributed by atoms with Gasteiger partial charge < -0.3 is 15.3 Å². The molecule has 3 aromatic carbocycles. The van der Waals surface area contributed by atoms with Gasteiger partial charge in [0.1, 0.15) is 11.6 Å². The summed E-state index contributed by atoms with van der Waals surface area (Å²) in [5, 5.41) is 22.3. The van der Waals surface area contributed by atoms with E-state index in [0.29, 0.717) is 27.8 Å². The van der Waals surface area contributed by atoms with Crippen molar-refractivity contribution in [3.05, 3.63) is 128 Å². The third-order valence-corrected chi connectivity index (χ3v) is 6.41. The summed E-state index contributed by atoms with van der Waals surface area (Å²) < 4.78 is 29.9. The molecule has 1 atom stereocenters. The Morgan fingerprint density at radius 1 is 0.919 bits per heavy atom. The van der Waals surface area contributed by atoms with Crippen molar-refractivity contribution in [1.82, 2.24) is 4.98 Å². The number of nitrogens with zero attached hydrogens (tertiary/aromatic N) is 1. The highest BCUT2D eigenvalue weighted by atomic mass is 19.1. The number of aryl methyl sites for hydroxylation is 2. The van der Waals surface area contributed by atoms with Crippen LogP contribution in [0.1, 0.15) is 50.5 Å². The number of H-pyrrole nitrogens is 1. The van der Waals surface area contributed by atoms with Crippen molar-refractivity contribution in [2.45, 2.75) is 26.2 Å². The molecule has 4 aromatic rings. The third-order valence-electron chi connectivity index (χ3n) is 6.41. The van der Waals surface area contributed by atoms with Crippen LogP contribution in [0.15, 0.2) is 82.9 Å². The predicted molar refractivity (Wildman–Crippen MR) is 137 cm³/mol.